The maximum Gasteiger partial charge on any atom is 0.306 e. The Balaban J connectivity index is 2.15. The van der Waals surface area contributed by atoms with Gasteiger partial charge in [0.1, 0.15) is 0 Å². The molecule has 2 rings (SSSR count). The molecule has 1 aliphatic heterocycles. The van der Waals surface area contributed by atoms with Gasteiger partial charge >= 0.3 is 5.97 Å². The number of nitrogens with zero attached hydrogens (tertiary/aromatic N) is 3. The fourth-order valence-electron chi connectivity index (χ4n) is 1.96. The van der Waals surface area contributed by atoms with Crippen molar-refractivity contribution in [1.82, 2.24) is 9.97 Å². The second kappa shape index (κ2) is 6.38. The lowest BCUT2D eigenvalue weighted by Gasteiger charge is -2.32. The topological polar surface area (TPSA) is 94.0 Å². The van der Waals surface area contributed by atoms with Gasteiger partial charge in [-0.05, 0) is 0 Å². The molecular formula is C12H17N3O5. The zero-order valence-corrected chi connectivity index (χ0v) is 11.4. The van der Waals surface area contributed by atoms with Crippen molar-refractivity contribution >= 4 is 11.9 Å². The monoisotopic (exact) mass is 283 g/mol. The van der Waals surface area contributed by atoms with Crippen LogP contribution in [0, 0.1) is 0 Å². The summed E-state index contributed by atoms with van der Waals surface area (Å²) in [5.41, 5.74) is 0. The van der Waals surface area contributed by atoms with Gasteiger partial charge in [0.05, 0.1) is 39.4 Å². The highest BCUT2D eigenvalue weighted by molar-refractivity contribution is 5.67. The van der Waals surface area contributed by atoms with E-state index in [4.69, 9.17) is 19.3 Å². The van der Waals surface area contributed by atoms with E-state index in [1.165, 1.54) is 14.2 Å². The Bertz CT molecular complexity index is 460. The zero-order valence-electron chi connectivity index (χ0n) is 11.4. The van der Waals surface area contributed by atoms with Gasteiger partial charge in [-0.25, -0.2) is 0 Å². The van der Waals surface area contributed by atoms with Gasteiger partial charge in [-0.15, -0.1) is 0 Å². The highest BCUT2D eigenvalue weighted by Gasteiger charge is 2.25. The van der Waals surface area contributed by atoms with E-state index in [2.05, 4.69) is 9.97 Å². The molecule has 20 heavy (non-hydrogen) atoms. The van der Waals surface area contributed by atoms with E-state index in [1.807, 2.05) is 4.90 Å². The Morgan fingerprint density at radius 3 is 2.65 bits per heavy atom. The third-order valence-electron chi connectivity index (χ3n) is 2.91. The lowest BCUT2D eigenvalue weighted by molar-refractivity contribution is -0.140. The van der Waals surface area contributed by atoms with Crippen molar-refractivity contribution in [1.29, 1.82) is 0 Å². The van der Waals surface area contributed by atoms with Crippen LogP contribution in [-0.2, 0) is 9.53 Å². The van der Waals surface area contributed by atoms with Crippen molar-refractivity contribution in [3.8, 4) is 11.8 Å². The fraction of sp³-hybridized carbons (Fsp3) is 0.583. The van der Waals surface area contributed by atoms with E-state index in [9.17, 15) is 4.79 Å². The SMILES string of the molecule is COc1cc(OC)nc(N2CCOC(CC(=O)O)C2)n1. The number of carboxylic acid groups (broad SMARTS) is 1. The van der Waals surface area contributed by atoms with Crippen LogP contribution in [0.2, 0.25) is 0 Å². The minimum absolute atomic E-state index is 0.0440. The lowest BCUT2D eigenvalue weighted by atomic mass is 10.2. The largest absolute Gasteiger partial charge is 0.481 e. The van der Waals surface area contributed by atoms with E-state index in [0.717, 1.165) is 0 Å². The smallest absolute Gasteiger partial charge is 0.306 e. The molecule has 0 radical (unpaired) electrons. The number of aliphatic carboxylic acids is 1. The molecule has 110 valence electrons. The first kappa shape index (κ1) is 14.3. The molecule has 8 heteroatoms. The molecular weight excluding hydrogens is 266 g/mol. The molecule has 1 unspecified atom stereocenters. The van der Waals surface area contributed by atoms with E-state index in [1.54, 1.807) is 6.07 Å². The second-order valence-electron chi connectivity index (χ2n) is 4.29. The first-order valence-electron chi connectivity index (χ1n) is 6.17. The molecule has 0 spiro atoms. The Kier molecular flexibility index (Phi) is 4.57. The number of hydrogen-bond donors (Lipinski definition) is 1. The maximum atomic E-state index is 10.7. The summed E-state index contributed by atoms with van der Waals surface area (Å²) in [5.74, 6) is 0.349. The van der Waals surface area contributed by atoms with Crippen LogP contribution in [0.25, 0.3) is 0 Å². The van der Waals surface area contributed by atoms with Gasteiger partial charge in [0.15, 0.2) is 0 Å². The third-order valence-corrected chi connectivity index (χ3v) is 2.91. The summed E-state index contributed by atoms with van der Waals surface area (Å²) < 4.78 is 15.6. The van der Waals surface area contributed by atoms with Gasteiger partial charge in [-0.2, -0.15) is 9.97 Å². The Morgan fingerprint density at radius 2 is 2.10 bits per heavy atom. The van der Waals surface area contributed by atoms with Crippen LogP contribution in [0.3, 0.4) is 0 Å². The minimum atomic E-state index is -0.888. The van der Waals surface area contributed by atoms with Crippen LogP contribution in [-0.4, -0.2) is 61.1 Å². The Hall–Kier alpha value is -2.09. The summed E-state index contributed by atoms with van der Waals surface area (Å²) in [4.78, 5) is 21.1. The van der Waals surface area contributed by atoms with Crippen LogP contribution in [0.5, 0.6) is 11.8 Å². The summed E-state index contributed by atoms with van der Waals surface area (Å²) in [6.07, 6.45) is -0.417. The maximum absolute atomic E-state index is 10.7. The summed E-state index contributed by atoms with van der Waals surface area (Å²) in [6.45, 7) is 1.44. The number of aromatic nitrogens is 2. The quantitative estimate of drug-likeness (QED) is 0.817. The van der Waals surface area contributed by atoms with Crippen molar-refractivity contribution < 1.29 is 24.1 Å². The Labute approximate surface area is 116 Å². The first-order chi connectivity index (χ1) is 9.62. The molecule has 0 amide bonds. The molecule has 1 atom stereocenters. The van der Waals surface area contributed by atoms with Crippen LogP contribution >= 0.6 is 0 Å². The van der Waals surface area contributed by atoms with Crippen molar-refractivity contribution in [3.05, 3.63) is 6.07 Å². The molecule has 1 aliphatic rings. The highest BCUT2D eigenvalue weighted by Crippen LogP contribution is 2.22. The zero-order chi connectivity index (χ0) is 14.5. The van der Waals surface area contributed by atoms with E-state index < -0.39 is 5.97 Å². The van der Waals surface area contributed by atoms with Crippen molar-refractivity contribution in [2.75, 3.05) is 38.8 Å². The van der Waals surface area contributed by atoms with Gasteiger partial charge in [0, 0.05) is 13.1 Å². The number of hydrogen-bond acceptors (Lipinski definition) is 7. The molecule has 1 saturated heterocycles. The number of carboxylic acids is 1. The van der Waals surface area contributed by atoms with E-state index >= 15 is 0 Å². The van der Waals surface area contributed by atoms with Gasteiger partial charge in [-0.3, -0.25) is 4.79 Å². The fourth-order valence-corrected chi connectivity index (χ4v) is 1.96. The summed E-state index contributed by atoms with van der Waals surface area (Å²) in [5, 5.41) is 8.82. The average molecular weight is 283 g/mol. The normalized spacial score (nSPS) is 18.7. The molecule has 1 aromatic rings. The summed E-state index contributed by atoms with van der Waals surface area (Å²) in [6, 6.07) is 1.58. The van der Waals surface area contributed by atoms with Crippen molar-refractivity contribution in [2.45, 2.75) is 12.5 Å². The molecule has 0 aromatic carbocycles. The third kappa shape index (κ3) is 3.47. The van der Waals surface area contributed by atoms with Crippen LogP contribution in [0.4, 0.5) is 5.95 Å². The van der Waals surface area contributed by atoms with Crippen molar-refractivity contribution in [3.63, 3.8) is 0 Å². The summed E-state index contributed by atoms with van der Waals surface area (Å²) >= 11 is 0. The Morgan fingerprint density at radius 1 is 1.45 bits per heavy atom. The predicted molar refractivity (Wildman–Crippen MR) is 69.3 cm³/mol. The predicted octanol–water partition coefficient (Wildman–Crippen LogP) is 0.174. The molecule has 1 aromatic heterocycles. The molecule has 1 fully saturated rings. The lowest BCUT2D eigenvalue weighted by Crippen LogP contribution is -2.44. The van der Waals surface area contributed by atoms with E-state index in [0.29, 0.717) is 37.4 Å². The van der Waals surface area contributed by atoms with Crippen LogP contribution < -0.4 is 14.4 Å². The molecule has 0 bridgehead atoms. The number of morpholine rings is 1. The molecule has 0 aliphatic carbocycles. The molecule has 2 heterocycles. The molecule has 0 saturated carbocycles. The number of ether oxygens (including phenoxy) is 3. The minimum Gasteiger partial charge on any atom is -0.481 e. The van der Waals surface area contributed by atoms with Crippen LogP contribution in [0.15, 0.2) is 6.07 Å². The van der Waals surface area contributed by atoms with Gasteiger partial charge in [0.2, 0.25) is 17.7 Å². The van der Waals surface area contributed by atoms with E-state index in [-0.39, 0.29) is 12.5 Å². The average Bonchev–Trinajstić information content (AvgIpc) is 2.46. The van der Waals surface area contributed by atoms with Gasteiger partial charge in [-0.1, -0.05) is 0 Å². The number of methoxy groups -OCH3 is 2. The second-order valence-corrected chi connectivity index (χ2v) is 4.29. The molecule has 1 N–H and O–H groups in total. The molecule has 8 nitrogen and oxygen atoms in total. The number of rotatable bonds is 5. The standard InChI is InChI=1S/C12H17N3O5/c1-18-9-6-10(19-2)14-12(13-9)15-3-4-20-8(7-15)5-11(16)17/h6,8H,3-5,7H2,1-2H3,(H,16,17). The van der Waals surface area contributed by atoms with Crippen molar-refractivity contribution in [2.24, 2.45) is 0 Å². The number of carbonyl (C=O) groups is 1. The first-order valence-corrected chi connectivity index (χ1v) is 6.17. The summed E-state index contributed by atoms with van der Waals surface area (Å²) in [7, 11) is 3.02. The highest BCUT2D eigenvalue weighted by atomic mass is 16.5. The van der Waals surface area contributed by atoms with Gasteiger partial charge < -0.3 is 24.2 Å². The number of anilines is 1. The van der Waals surface area contributed by atoms with Gasteiger partial charge in [0.25, 0.3) is 0 Å². The van der Waals surface area contributed by atoms with Crippen LogP contribution in [0.1, 0.15) is 6.42 Å².